The Labute approximate surface area is 155 Å². The molecule has 0 aliphatic carbocycles. The minimum atomic E-state index is -8.43. The van der Waals surface area contributed by atoms with Crippen LogP contribution in [-0.4, -0.2) is 66.9 Å². The molecule has 0 bridgehead atoms. The normalized spacial score (nSPS) is 20.5. The smallest absolute Gasteiger partial charge is 0.371 e. The Morgan fingerprint density at radius 3 is 1.20 bits per heavy atom. The van der Waals surface area contributed by atoms with Gasteiger partial charge in [-0.3, -0.25) is 0 Å². The summed E-state index contributed by atoms with van der Waals surface area (Å²) in [6, 6.07) is 0. The molecule has 1 fully saturated rings. The largest absolute Gasteiger partial charge is 0.426 e. The van der Waals surface area contributed by atoms with Crippen LogP contribution in [0.4, 0.5) is 70.2 Å². The first-order valence-electron chi connectivity index (χ1n) is 7.11. The van der Waals surface area contributed by atoms with E-state index in [1.165, 1.54) is 0 Å². The lowest BCUT2D eigenvalue weighted by atomic mass is 9.89. The maximum Gasteiger partial charge on any atom is 0.426 e. The standard InChI is InChI=1S/C12H8F16O2/c1-5(13,14)6(15,16)7(17,18)8(19,20)9(21,22)10(23,24)11(25,26)12(27,28)30-3-4-2-29-4/h4H,2-3H2,1H3. The first-order valence-corrected chi connectivity index (χ1v) is 7.11. The zero-order valence-corrected chi connectivity index (χ0v) is 13.9. The Hall–Kier alpha value is -1.20. The number of alkyl halides is 16. The average molecular weight is 488 g/mol. The number of rotatable bonds is 10. The minimum Gasteiger partial charge on any atom is -0.371 e. The van der Waals surface area contributed by atoms with Crippen LogP contribution in [0.15, 0.2) is 0 Å². The van der Waals surface area contributed by atoms with Gasteiger partial charge in [-0.05, 0) is 0 Å². The first kappa shape index (κ1) is 26.8. The highest BCUT2D eigenvalue weighted by Gasteiger charge is 2.94. The molecule has 0 N–H and O–H groups in total. The number of hydrogen-bond acceptors (Lipinski definition) is 2. The van der Waals surface area contributed by atoms with E-state index in [9.17, 15) is 70.2 Å². The van der Waals surface area contributed by atoms with Gasteiger partial charge in [-0.25, -0.2) is 0 Å². The van der Waals surface area contributed by atoms with Crippen LogP contribution in [0, 0.1) is 0 Å². The van der Waals surface area contributed by atoms with Crippen molar-refractivity contribution < 1.29 is 79.7 Å². The minimum absolute atomic E-state index is 0.446. The molecule has 1 aliphatic rings. The molecule has 0 saturated carbocycles. The molecular weight excluding hydrogens is 480 g/mol. The third kappa shape index (κ3) is 3.56. The second-order valence-electron chi connectivity index (χ2n) is 6.12. The third-order valence-corrected chi connectivity index (χ3v) is 3.74. The lowest BCUT2D eigenvalue weighted by Crippen LogP contribution is -2.74. The molecule has 1 heterocycles. The van der Waals surface area contributed by atoms with Gasteiger partial charge in [-0.1, -0.05) is 0 Å². The number of epoxide rings is 1. The van der Waals surface area contributed by atoms with Crippen molar-refractivity contribution in [3.05, 3.63) is 0 Å². The van der Waals surface area contributed by atoms with E-state index < -0.39 is 73.8 Å². The Morgan fingerprint density at radius 1 is 0.600 bits per heavy atom. The lowest BCUT2D eigenvalue weighted by Gasteiger charge is -2.43. The van der Waals surface area contributed by atoms with Gasteiger partial charge >= 0.3 is 47.6 Å². The van der Waals surface area contributed by atoms with E-state index in [0.29, 0.717) is 0 Å². The maximum atomic E-state index is 13.4. The molecule has 180 valence electrons. The quantitative estimate of drug-likeness (QED) is 0.301. The van der Waals surface area contributed by atoms with Crippen LogP contribution in [0.25, 0.3) is 0 Å². The van der Waals surface area contributed by atoms with Crippen molar-refractivity contribution in [1.29, 1.82) is 0 Å². The van der Waals surface area contributed by atoms with Gasteiger partial charge in [0.2, 0.25) is 0 Å². The van der Waals surface area contributed by atoms with Crippen LogP contribution in [0.3, 0.4) is 0 Å². The van der Waals surface area contributed by atoms with Crippen LogP contribution in [0.5, 0.6) is 0 Å². The summed E-state index contributed by atoms with van der Waals surface area (Å²) < 4.78 is 217. The summed E-state index contributed by atoms with van der Waals surface area (Å²) in [6.07, 6.45) is -8.15. The first-order chi connectivity index (χ1) is 12.8. The molecule has 1 unspecified atom stereocenters. The number of halogens is 16. The van der Waals surface area contributed by atoms with Crippen LogP contribution in [0.2, 0.25) is 0 Å². The Morgan fingerprint density at radius 2 is 0.900 bits per heavy atom. The number of ether oxygens (including phenoxy) is 2. The molecule has 0 radical (unpaired) electrons. The molecule has 1 aliphatic heterocycles. The van der Waals surface area contributed by atoms with Crippen LogP contribution in [-0.2, 0) is 9.47 Å². The third-order valence-electron chi connectivity index (χ3n) is 3.74. The molecule has 1 atom stereocenters. The van der Waals surface area contributed by atoms with Gasteiger partial charge in [0.25, 0.3) is 0 Å². The Balaban J connectivity index is 3.46. The summed E-state index contributed by atoms with van der Waals surface area (Å²) >= 11 is 0. The van der Waals surface area contributed by atoms with Gasteiger partial charge < -0.3 is 9.47 Å². The molecule has 30 heavy (non-hydrogen) atoms. The highest BCUT2D eigenvalue weighted by Crippen LogP contribution is 2.63. The number of hydrogen-bond donors (Lipinski definition) is 0. The van der Waals surface area contributed by atoms with Gasteiger partial charge in [0.05, 0.1) is 13.2 Å². The van der Waals surface area contributed by atoms with Crippen molar-refractivity contribution in [1.82, 2.24) is 0 Å². The molecule has 1 saturated heterocycles. The van der Waals surface area contributed by atoms with E-state index in [1.54, 1.807) is 0 Å². The van der Waals surface area contributed by atoms with Crippen molar-refractivity contribution in [2.24, 2.45) is 0 Å². The van der Waals surface area contributed by atoms with Gasteiger partial charge in [0.15, 0.2) is 0 Å². The topological polar surface area (TPSA) is 21.8 Å². The van der Waals surface area contributed by atoms with Crippen molar-refractivity contribution in [2.75, 3.05) is 13.2 Å². The maximum absolute atomic E-state index is 13.4. The van der Waals surface area contributed by atoms with Gasteiger partial charge in [-0.15, -0.1) is 0 Å². The highest BCUT2D eigenvalue weighted by molar-refractivity contribution is 5.14. The van der Waals surface area contributed by atoms with E-state index in [2.05, 4.69) is 9.47 Å². The highest BCUT2D eigenvalue weighted by atomic mass is 19.4. The summed E-state index contributed by atoms with van der Waals surface area (Å²) in [6.45, 7) is -3.32. The predicted octanol–water partition coefficient (Wildman–Crippen LogP) is 5.46. The SMILES string of the molecule is CC(F)(F)C(F)(F)C(F)(F)C(F)(F)C(F)(F)C(F)(F)C(F)(F)C(F)(F)OCC1CO1. The van der Waals surface area contributed by atoms with Crippen LogP contribution < -0.4 is 0 Å². The Kier molecular flexibility index (Phi) is 6.17. The molecule has 2 nitrogen and oxygen atoms in total. The molecule has 1 rings (SSSR count). The summed E-state index contributed by atoms with van der Waals surface area (Å²) in [5, 5.41) is 0. The van der Waals surface area contributed by atoms with E-state index in [-0.39, 0.29) is 0 Å². The summed E-state index contributed by atoms with van der Waals surface area (Å²) in [5.74, 6) is -54.7. The molecule has 0 aromatic rings. The van der Waals surface area contributed by atoms with Crippen LogP contribution in [0.1, 0.15) is 6.92 Å². The van der Waals surface area contributed by atoms with Crippen molar-refractivity contribution in [3.63, 3.8) is 0 Å². The molecule has 18 heteroatoms. The van der Waals surface area contributed by atoms with E-state index in [0.717, 1.165) is 0 Å². The van der Waals surface area contributed by atoms with Crippen molar-refractivity contribution in [3.8, 4) is 0 Å². The molecular formula is C12H8F16O2. The van der Waals surface area contributed by atoms with E-state index >= 15 is 0 Å². The Bertz CT molecular complexity index is 633. The van der Waals surface area contributed by atoms with Crippen molar-refractivity contribution in [2.45, 2.75) is 60.6 Å². The average Bonchev–Trinajstić information content (AvgIpc) is 3.35. The summed E-state index contributed by atoms with van der Waals surface area (Å²) in [5.41, 5.74) is 0. The molecule has 0 aromatic heterocycles. The fraction of sp³-hybridized carbons (Fsp3) is 1.00. The second kappa shape index (κ2) is 6.90. The molecule has 0 aromatic carbocycles. The zero-order valence-electron chi connectivity index (χ0n) is 13.9. The fourth-order valence-electron chi connectivity index (χ4n) is 1.70. The fourth-order valence-corrected chi connectivity index (χ4v) is 1.70. The zero-order chi connectivity index (χ0) is 24.4. The predicted molar refractivity (Wildman–Crippen MR) is 60.9 cm³/mol. The summed E-state index contributed by atoms with van der Waals surface area (Å²) in [4.78, 5) is 0. The second-order valence-corrected chi connectivity index (χ2v) is 6.12. The van der Waals surface area contributed by atoms with Crippen molar-refractivity contribution >= 4 is 0 Å². The van der Waals surface area contributed by atoms with E-state index in [4.69, 9.17) is 0 Å². The van der Waals surface area contributed by atoms with E-state index in [1.807, 2.05) is 0 Å². The summed E-state index contributed by atoms with van der Waals surface area (Å²) in [7, 11) is 0. The molecule has 0 spiro atoms. The van der Waals surface area contributed by atoms with Gasteiger partial charge in [0.1, 0.15) is 6.10 Å². The monoisotopic (exact) mass is 488 g/mol. The lowest BCUT2D eigenvalue weighted by molar-refractivity contribution is -0.472. The van der Waals surface area contributed by atoms with Gasteiger partial charge in [-0.2, -0.15) is 70.2 Å². The van der Waals surface area contributed by atoms with Crippen LogP contribution >= 0.6 is 0 Å². The molecule has 0 amide bonds. The van der Waals surface area contributed by atoms with Gasteiger partial charge in [0, 0.05) is 6.92 Å².